The Morgan fingerprint density at radius 2 is 1.67 bits per heavy atom. The SMILES string of the molecule is COC(=O)[C@H](Cc1ccc(Oc2ccnc(C)c2C)cc1)NC(=O)[C@@H]1Cc2cc3c(cc2CN1C(=O)c1nc(C)oc1C)O[C@@H](c1cccc(OCc2ccc(Cl)c(Cl)c2)c1)CO3. The van der Waals surface area contributed by atoms with Crippen LogP contribution in [0.5, 0.6) is 28.7 Å². The van der Waals surface area contributed by atoms with Gasteiger partial charge in [-0.05, 0) is 103 Å². The molecule has 0 spiro atoms. The molecule has 0 bridgehead atoms. The zero-order valence-corrected chi connectivity index (χ0v) is 36.7. The predicted molar refractivity (Wildman–Crippen MR) is 234 cm³/mol. The van der Waals surface area contributed by atoms with Gasteiger partial charge in [0.25, 0.3) is 5.91 Å². The maximum absolute atomic E-state index is 14.4. The van der Waals surface area contributed by atoms with E-state index in [0.717, 1.165) is 39.1 Å². The standard InChI is InChI=1S/C48H44Cl2N4O9/c1-26-27(2)51-16-15-41(26)62-35-12-9-30(10-13-35)18-39(48(57)58-5)53-46(55)40-20-33-21-42-43(22-34(33)23-54(40)47(56)45-28(3)61-29(4)52-45)63-44(25-60-42)32-7-6-8-36(19-32)59-24-31-11-14-37(49)38(50)17-31/h6-17,19,21-22,39-40,44H,18,20,23-25H2,1-5H3,(H,53,55)/t39-,40-,44+/m0/s1. The largest absolute Gasteiger partial charge is 0.489 e. The van der Waals surface area contributed by atoms with Crippen molar-refractivity contribution in [3.05, 3.63) is 158 Å². The van der Waals surface area contributed by atoms with Gasteiger partial charge in [-0.25, -0.2) is 9.78 Å². The van der Waals surface area contributed by atoms with E-state index in [2.05, 4.69) is 15.3 Å². The number of amides is 2. The van der Waals surface area contributed by atoms with Crippen LogP contribution in [0, 0.1) is 27.7 Å². The number of hydrogen-bond acceptors (Lipinski definition) is 11. The number of carbonyl (C=O) groups excluding carboxylic acids is 3. The van der Waals surface area contributed by atoms with Gasteiger partial charge in [0.1, 0.15) is 48.3 Å². The van der Waals surface area contributed by atoms with Gasteiger partial charge < -0.3 is 38.3 Å². The molecule has 0 fully saturated rings. The average molecular weight is 892 g/mol. The molecule has 8 rings (SSSR count). The highest BCUT2D eigenvalue weighted by atomic mass is 35.5. The molecule has 2 aromatic heterocycles. The summed E-state index contributed by atoms with van der Waals surface area (Å²) in [6.45, 7) is 7.71. The molecule has 1 N–H and O–H groups in total. The minimum atomic E-state index is -1.06. The lowest BCUT2D eigenvalue weighted by molar-refractivity contribution is -0.145. The summed E-state index contributed by atoms with van der Waals surface area (Å²) < 4.78 is 35.7. The Morgan fingerprint density at radius 1 is 0.889 bits per heavy atom. The number of benzene rings is 4. The van der Waals surface area contributed by atoms with Gasteiger partial charge in [-0.2, -0.15) is 0 Å². The van der Waals surface area contributed by atoms with Gasteiger partial charge in [-0.1, -0.05) is 53.5 Å². The van der Waals surface area contributed by atoms with Gasteiger partial charge in [0.15, 0.2) is 29.2 Å². The van der Waals surface area contributed by atoms with E-state index in [-0.39, 0.29) is 31.7 Å². The van der Waals surface area contributed by atoms with Crippen molar-refractivity contribution < 1.29 is 42.5 Å². The van der Waals surface area contributed by atoms with Crippen molar-refractivity contribution in [2.75, 3.05) is 13.7 Å². The molecule has 13 nitrogen and oxygen atoms in total. The van der Waals surface area contributed by atoms with Crippen molar-refractivity contribution in [2.24, 2.45) is 0 Å². The molecule has 4 heterocycles. The second-order valence-corrected chi connectivity index (χ2v) is 16.3. The summed E-state index contributed by atoms with van der Waals surface area (Å²) in [5.74, 6) is 1.89. The minimum absolute atomic E-state index is 0.0395. The number of esters is 1. The summed E-state index contributed by atoms with van der Waals surface area (Å²) in [5.41, 5.74) is 5.90. The molecule has 324 valence electrons. The summed E-state index contributed by atoms with van der Waals surface area (Å²) in [6.07, 6.45) is 1.47. The van der Waals surface area contributed by atoms with E-state index < -0.39 is 36.0 Å². The first kappa shape index (κ1) is 43.1. The number of rotatable bonds is 12. The number of aromatic nitrogens is 2. The Kier molecular flexibility index (Phi) is 12.6. The Labute approximate surface area is 374 Å². The van der Waals surface area contributed by atoms with E-state index in [1.165, 1.54) is 12.0 Å². The topological polar surface area (TPSA) is 152 Å². The number of ether oxygens (including phenoxy) is 5. The highest BCUT2D eigenvalue weighted by molar-refractivity contribution is 6.42. The molecule has 3 atom stereocenters. The second-order valence-electron chi connectivity index (χ2n) is 15.4. The number of nitrogens with one attached hydrogen (secondary N) is 1. The van der Waals surface area contributed by atoms with Crippen LogP contribution in [0.25, 0.3) is 0 Å². The smallest absolute Gasteiger partial charge is 0.328 e. The summed E-state index contributed by atoms with van der Waals surface area (Å²) >= 11 is 12.3. The Morgan fingerprint density at radius 3 is 2.41 bits per heavy atom. The lowest BCUT2D eigenvalue weighted by atomic mass is 9.91. The van der Waals surface area contributed by atoms with Gasteiger partial charge in [0.05, 0.1) is 17.2 Å². The summed E-state index contributed by atoms with van der Waals surface area (Å²) in [7, 11) is 1.26. The minimum Gasteiger partial charge on any atom is -0.489 e. The molecule has 63 heavy (non-hydrogen) atoms. The second kappa shape index (κ2) is 18.4. The van der Waals surface area contributed by atoms with Crippen LogP contribution in [-0.2, 0) is 40.3 Å². The van der Waals surface area contributed by atoms with Gasteiger partial charge in [-0.3, -0.25) is 14.6 Å². The fraction of sp³-hybridized carbons (Fsp3) is 0.271. The van der Waals surface area contributed by atoms with Crippen molar-refractivity contribution in [3.63, 3.8) is 0 Å². The average Bonchev–Trinajstić information content (AvgIpc) is 3.63. The van der Waals surface area contributed by atoms with Crippen LogP contribution in [0.15, 0.2) is 95.5 Å². The van der Waals surface area contributed by atoms with E-state index in [0.29, 0.717) is 57.1 Å². The number of hydrogen-bond donors (Lipinski definition) is 1. The van der Waals surface area contributed by atoms with Gasteiger partial charge in [0.2, 0.25) is 5.91 Å². The van der Waals surface area contributed by atoms with Gasteiger partial charge >= 0.3 is 5.97 Å². The monoisotopic (exact) mass is 890 g/mol. The number of halogens is 2. The van der Waals surface area contributed by atoms with Crippen molar-refractivity contribution in [1.29, 1.82) is 0 Å². The van der Waals surface area contributed by atoms with E-state index >= 15 is 0 Å². The normalized spacial score (nSPS) is 15.8. The number of pyridine rings is 1. The lowest BCUT2D eigenvalue weighted by Gasteiger charge is -2.37. The van der Waals surface area contributed by atoms with Crippen LogP contribution in [0.2, 0.25) is 10.0 Å². The van der Waals surface area contributed by atoms with Crippen molar-refractivity contribution in [1.82, 2.24) is 20.2 Å². The quantitative estimate of drug-likeness (QED) is 0.117. The number of fused-ring (bicyclic) bond motifs is 2. The maximum Gasteiger partial charge on any atom is 0.328 e. The molecule has 0 saturated carbocycles. The molecule has 4 aromatic carbocycles. The first-order valence-electron chi connectivity index (χ1n) is 20.3. The molecule has 15 heteroatoms. The molecule has 2 aliphatic rings. The number of carbonyl (C=O) groups is 3. The van der Waals surface area contributed by atoms with Crippen molar-refractivity contribution >= 4 is 41.0 Å². The first-order chi connectivity index (χ1) is 30.3. The van der Waals surface area contributed by atoms with E-state index in [1.807, 2.05) is 68.4 Å². The van der Waals surface area contributed by atoms with Crippen LogP contribution in [0.4, 0.5) is 0 Å². The van der Waals surface area contributed by atoms with Gasteiger partial charge in [-0.15, -0.1) is 0 Å². The van der Waals surface area contributed by atoms with Crippen LogP contribution < -0.4 is 24.3 Å². The fourth-order valence-electron chi connectivity index (χ4n) is 7.61. The number of oxazole rings is 1. The molecule has 0 unspecified atom stereocenters. The Balaban J connectivity index is 1.00. The molecular weight excluding hydrogens is 847 g/mol. The van der Waals surface area contributed by atoms with E-state index in [9.17, 15) is 14.4 Å². The number of methoxy groups -OCH3 is 1. The molecule has 0 aliphatic carbocycles. The third kappa shape index (κ3) is 9.59. The highest BCUT2D eigenvalue weighted by Crippen LogP contribution is 2.41. The van der Waals surface area contributed by atoms with Crippen molar-refractivity contribution in [3.8, 4) is 28.7 Å². The highest BCUT2D eigenvalue weighted by Gasteiger charge is 2.39. The Bertz CT molecular complexity index is 2700. The Hall–Kier alpha value is -6.57. The molecule has 0 radical (unpaired) electrons. The zero-order valence-electron chi connectivity index (χ0n) is 35.2. The van der Waals surface area contributed by atoms with E-state index in [4.69, 9.17) is 51.3 Å². The van der Waals surface area contributed by atoms with E-state index in [1.54, 1.807) is 50.4 Å². The molecule has 2 amide bonds. The van der Waals surface area contributed by atoms with Crippen LogP contribution in [-0.4, -0.2) is 58.5 Å². The molecule has 6 aromatic rings. The number of nitrogens with zero attached hydrogens (tertiary/aromatic N) is 3. The lowest BCUT2D eigenvalue weighted by Crippen LogP contribution is -2.56. The molecule has 2 aliphatic heterocycles. The van der Waals surface area contributed by atoms with Crippen LogP contribution in [0.1, 0.15) is 67.3 Å². The third-order valence-electron chi connectivity index (χ3n) is 11.1. The predicted octanol–water partition coefficient (Wildman–Crippen LogP) is 8.96. The molecular formula is C48H44Cl2N4O9. The van der Waals surface area contributed by atoms with Crippen molar-refractivity contribution in [2.45, 2.75) is 71.9 Å². The summed E-state index contributed by atoms with van der Waals surface area (Å²) in [6, 6.07) is 23.6. The third-order valence-corrected chi connectivity index (χ3v) is 11.9. The van der Waals surface area contributed by atoms with Crippen LogP contribution >= 0.6 is 23.2 Å². The zero-order chi connectivity index (χ0) is 44.4. The fourth-order valence-corrected chi connectivity index (χ4v) is 7.93. The number of aryl methyl sites for hydroxylation is 3. The molecule has 0 saturated heterocycles. The van der Waals surface area contributed by atoms with Gasteiger partial charge in [0, 0.05) is 43.8 Å². The summed E-state index contributed by atoms with van der Waals surface area (Å²) in [4.78, 5) is 52.0. The first-order valence-corrected chi connectivity index (χ1v) is 21.0. The summed E-state index contributed by atoms with van der Waals surface area (Å²) in [5, 5.41) is 3.81. The maximum atomic E-state index is 14.4. The van der Waals surface area contributed by atoms with Crippen LogP contribution in [0.3, 0.4) is 0 Å².